The topological polar surface area (TPSA) is 36.9 Å². The van der Waals surface area contributed by atoms with Gasteiger partial charge in [-0.2, -0.15) is 0 Å². The fourth-order valence-electron chi connectivity index (χ4n) is 1.41. The van der Waals surface area contributed by atoms with E-state index < -0.39 is 0 Å². The van der Waals surface area contributed by atoms with E-state index in [1.807, 2.05) is 37.3 Å². The summed E-state index contributed by atoms with van der Waals surface area (Å²) in [4.78, 5) is 0. The average molecular weight is 264 g/mol. The van der Waals surface area contributed by atoms with E-state index in [1.165, 1.54) is 0 Å². The predicted octanol–water partition coefficient (Wildman–Crippen LogP) is 3.24. The number of allylic oxidation sites excluding steroid dienone is 2. The molecule has 104 valence electrons. The molecule has 4 nitrogen and oxygen atoms in total. The maximum absolute atomic E-state index is 5.52. The standard InChI is InChI=1S/C15H20O4/c1-12(2)8-9-13-14(18-10-16-3)6-5-7-15(13)19-11-17-4/h5-9H,1,10-11H2,2-4H3/b9-8+. The number of hydrogen-bond acceptors (Lipinski definition) is 4. The maximum Gasteiger partial charge on any atom is 0.188 e. The van der Waals surface area contributed by atoms with Crippen LogP contribution in [0.2, 0.25) is 0 Å². The van der Waals surface area contributed by atoms with Crippen molar-refractivity contribution < 1.29 is 18.9 Å². The van der Waals surface area contributed by atoms with Crippen LogP contribution in [0.3, 0.4) is 0 Å². The van der Waals surface area contributed by atoms with Crippen molar-refractivity contribution in [3.63, 3.8) is 0 Å². The first kappa shape index (κ1) is 15.3. The van der Waals surface area contributed by atoms with Crippen LogP contribution in [0.25, 0.3) is 6.08 Å². The summed E-state index contributed by atoms with van der Waals surface area (Å²) in [5, 5.41) is 0. The Labute approximate surface area is 114 Å². The predicted molar refractivity (Wildman–Crippen MR) is 75.3 cm³/mol. The lowest BCUT2D eigenvalue weighted by atomic mass is 10.1. The molecule has 0 aliphatic heterocycles. The first-order chi connectivity index (χ1) is 9.19. The van der Waals surface area contributed by atoms with Crippen LogP contribution in [-0.2, 0) is 9.47 Å². The maximum atomic E-state index is 5.52. The number of benzene rings is 1. The molecular formula is C15H20O4. The molecule has 0 radical (unpaired) electrons. The molecule has 0 aromatic heterocycles. The van der Waals surface area contributed by atoms with Gasteiger partial charge in [0.05, 0.1) is 5.56 Å². The molecule has 0 saturated carbocycles. The number of methoxy groups -OCH3 is 2. The quantitative estimate of drug-likeness (QED) is 0.533. The van der Waals surface area contributed by atoms with Crippen LogP contribution >= 0.6 is 0 Å². The van der Waals surface area contributed by atoms with Crippen LogP contribution in [-0.4, -0.2) is 27.8 Å². The van der Waals surface area contributed by atoms with Crippen LogP contribution < -0.4 is 9.47 Å². The molecule has 0 aliphatic rings. The lowest BCUT2D eigenvalue weighted by Gasteiger charge is -2.13. The molecule has 0 fully saturated rings. The van der Waals surface area contributed by atoms with Crippen molar-refractivity contribution in [2.45, 2.75) is 6.92 Å². The number of ether oxygens (including phenoxy) is 4. The Balaban J connectivity index is 3.03. The summed E-state index contributed by atoms with van der Waals surface area (Å²) < 4.78 is 20.9. The SMILES string of the molecule is C=C(C)/C=C/c1c(OCOC)cccc1OCOC. The van der Waals surface area contributed by atoms with Gasteiger partial charge in [-0.15, -0.1) is 0 Å². The minimum absolute atomic E-state index is 0.182. The summed E-state index contributed by atoms with van der Waals surface area (Å²) in [5.41, 5.74) is 1.78. The fourth-order valence-corrected chi connectivity index (χ4v) is 1.41. The highest BCUT2D eigenvalue weighted by atomic mass is 16.7. The van der Waals surface area contributed by atoms with E-state index in [1.54, 1.807) is 14.2 Å². The second-order valence-corrected chi connectivity index (χ2v) is 3.95. The highest BCUT2D eigenvalue weighted by Crippen LogP contribution is 2.30. The Hall–Kier alpha value is -1.78. The third-order valence-electron chi connectivity index (χ3n) is 2.23. The lowest BCUT2D eigenvalue weighted by molar-refractivity contribution is 0.0457. The van der Waals surface area contributed by atoms with E-state index >= 15 is 0 Å². The second kappa shape index (κ2) is 8.34. The molecule has 0 bridgehead atoms. The number of hydrogen-bond donors (Lipinski definition) is 0. The van der Waals surface area contributed by atoms with Crippen molar-refractivity contribution in [1.29, 1.82) is 0 Å². The summed E-state index contributed by atoms with van der Waals surface area (Å²) >= 11 is 0. The Kier molecular flexibility index (Phi) is 6.71. The van der Waals surface area contributed by atoms with Crippen LogP contribution in [0, 0.1) is 0 Å². The van der Waals surface area contributed by atoms with Gasteiger partial charge >= 0.3 is 0 Å². The van der Waals surface area contributed by atoms with Gasteiger partial charge in [-0.25, -0.2) is 0 Å². The monoisotopic (exact) mass is 264 g/mol. The Bertz CT molecular complexity index is 412. The third-order valence-corrected chi connectivity index (χ3v) is 2.23. The van der Waals surface area contributed by atoms with Crippen molar-refractivity contribution in [2.75, 3.05) is 27.8 Å². The van der Waals surface area contributed by atoms with E-state index in [9.17, 15) is 0 Å². The molecule has 0 amide bonds. The van der Waals surface area contributed by atoms with Gasteiger partial charge in [-0.1, -0.05) is 24.3 Å². The van der Waals surface area contributed by atoms with Crippen molar-refractivity contribution in [3.8, 4) is 11.5 Å². The first-order valence-corrected chi connectivity index (χ1v) is 5.89. The average Bonchev–Trinajstić information content (AvgIpc) is 2.41. The van der Waals surface area contributed by atoms with Crippen molar-refractivity contribution in [2.24, 2.45) is 0 Å². The zero-order chi connectivity index (χ0) is 14.1. The van der Waals surface area contributed by atoms with Crippen LogP contribution in [0.1, 0.15) is 12.5 Å². The Morgan fingerprint density at radius 2 is 1.63 bits per heavy atom. The van der Waals surface area contributed by atoms with Gasteiger partial charge in [0.15, 0.2) is 13.6 Å². The van der Waals surface area contributed by atoms with E-state index in [2.05, 4.69) is 6.58 Å². The Morgan fingerprint density at radius 3 is 2.05 bits per heavy atom. The smallest absolute Gasteiger partial charge is 0.188 e. The summed E-state index contributed by atoms with van der Waals surface area (Å²) in [6.07, 6.45) is 3.80. The normalized spacial score (nSPS) is 10.7. The fraction of sp³-hybridized carbons (Fsp3) is 0.333. The summed E-state index contributed by atoms with van der Waals surface area (Å²) in [5.74, 6) is 1.38. The van der Waals surface area contributed by atoms with Gasteiger partial charge in [0.2, 0.25) is 0 Å². The molecule has 4 heteroatoms. The van der Waals surface area contributed by atoms with E-state index in [0.29, 0.717) is 11.5 Å². The lowest BCUT2D eigenvalue weighted by Crippen LogP contribution is -2.04. The van der Waals surface area contributed by atoms with Gasteiger partial charge < -0.3 is 18.9 Å². The largest absolute Gasteiger partial charge is 0.467 e. The van der Waals surface area contributed by atoms with Gasteiger partial charge in [0.25, 0.3) is 0 Å². The van der Waals surface area contributed by atoms with Crippen molar-refractivity contribution in [3.05, 3.63) is 42.0 Å². The summed E-state index contributed by atoms with van der Waals surface area (Å²) in [6.45, 7) is 6.12. The van der Waals surface area contributed by atoms with Gasteiger partial charge in [0, 0.05) is 14.2 Å². The van der Waals surface area contributed by atoms with Gasteiger partial charge in [-0.05, 0) is 25.1 Å². The molecule has 0 aliphatic carbocycles. The van der Waals surface area contributed by atoms with E-state index in [-0.39, 0.29) is 13.6 Å². The molecule has 0 atom stereocenters. The summed E-state index contributed by atoms with van der Waals surface area (Å²) in [7, 11) is 3.16. The molecule has 0 unspecified atom stereocenters. The molecule has 1 aromatic carbocycles. The third kappa shape index (κ3) is 5.16. The zero-order valence-electron chi connectivity index (χ0n) is 11.6. The minimum atomic E-state index is 0.182. The highest BCUT2D eigenvalue weighted by Gasteiger charge is 2.08. The Morgan fingerprint density at radius 1 is 1.11 bits per heavy atom. The van der Waals surface area contributed by atoms with Crippen LogP contribution in [0.15, 0.2) is 36.4 Å². The van der Waals surface area contributed by atoms with Gasteiger partial charge in [0.1, 0.15) is 11.5 Å². The van der Waals surface area contributed by atoms with E-state index in [4.69, 9.17) is 18.9 Å². The molecule has 0 N–H and O–H groups in total. The first-order valence-electron chi connectivity index (χ1n) is 5.89. The molecule has 1 rings (SSSR count). The molecule has 19 heavy (non-hydrogen) atoms. The minimum Gasteiger partial charge on any atom is -0.467 e. The van der Waals surface area contributed by atoms with Crippen LogP contribution in [0.4, 0.5) is 0 Å². The summed E-state index contributed by atoms with van der Waals surface area (Å²) in [6, 6.07) is 5.57. The van der Waals surface area contributed by atoms with Crippen molar-refractivity contribution >= 4 is 6.08 Å². The van der Waals surface area contributed by atoms with Crippen molar-refractivity contribution in [1.82, 2.24) is 0 Å². The van der Waals surface area contributed by atoms with Crippen LogP contribution in [0.5, 0.6) is 11.5 Å². The molecule has 0 heterocycles. The molecular weight excluding hydrogens is 244 g/mol. The molecule has 0 saturated heterocycles. The second-order valence-electron chi connectivity index (χ2n) is 3.95. The zero-order valence-corrected chi connectivity index (χ0v) is 11.6. The van der Waals surface area contributed by atoms with Gasteiger partial charge in [-0.3, -0.25) is 0 Å². The van der Waals surface area contributed by atoms with E-state index in [0.717, 1.165) is 11.1 Å². The number of rotatable bonds is 8. The molecule has 1 aromatic rings. The highest BCUT2D eigenvalue weighted by molar-refractivity contribution is 5.65. The molecule has 0 spiro atoms.